The Morgan fingerprint density at radius 1 is 0.500 bits per heavy atom. The highest BCUT2D eigenvalue weighted by atomic mass is 14.2. The second-order valence-corrected chi connectivity index (χ2v) is 8.79. The maximum absolute atomic E-state index is 2.37. The van der Waals surface area contributed by atoms with Gasteiger partial charge >= 0.3 is 0 Å². The van der Waals surface area contributed by atoms with E-state index in [1.54, 1.807) is 0 Å². The van der Waals surface area contributed by atoms with Crippen LogP contribution in [0.1, 0.15) is 34.6 Å². The van der Waals surface area contributed by atoms with Gasteiger partial charge in [-0.05, 0) is 59.2 Å². The summed E-state index contributed by atoms with van der Waals surface area (Å²) < 4.78 is 0. The van der Waals surface area contributed by atoms with Crippen molar-refractivity contribution in [1.82, 2.24) is 0 Å². The molecule has 0 aliphatic heterocycles. The summed E-state index contributed by atoms with van der Waals surface area (Å²) in [6.45, 7) is 4.26. The van der Waals surface area contributed by atoms with E-state index in [0.29, 0.717) is 5.92 Å². The molecule has 1 aliphatic carbocycles. The van der Waals surface area contributed by atoms with Gasteiger partial charge in [-0.25, -0.2) is 0 Å². The predicted octanol–water partition coefficient (Wildman–Crippen LogP) is 8.76. The van der Waals surface area contributed by atoms with Crippen molar-refractivity contribution in [3.8, 4) is 22.3 Å². The fourth-order valence-electron chi connectivity index (χ4n) is 4.35. The summed E-state index contributed by atoms with van der Waals surface area (Å²) >= 11 is 0. The fraction of sp³-hybridized carbons (Fsp3) is 0.125. The third-order valence-electron chi connectivity index (χ3n) is 6.43. The fourth-order valence-corrected chi connectivity index (χ4v) is 4.35. The molecule has 0 amide bonds. The quantitative estimate of drug-likeness (QED) is 0.314. The molecule has 1 unspecified atom stereocenters. The summed E-state index contributed by atoms with van der Waals surface area (Å²) in [5.74, 6) is 0.477. The van der Waals surface area contributed by atoms with E-state index in [2.05, 4.69) is 129 Å². The SMILES string of the molecule is Cc1ccc(-c2ccc(-c3ccc(C4=CCC(c5ccc(C)cc5)C=C4)cc3)cc2)cc1. The van der Waals surface area contributed by atoms with E-state index in [0.717, 1.165) is 6.42 Å². The number of hydrogen-bond donors (Lipinski definition) is 0. The van der Waals surface area contributed by atoms with Crippen LogP contribution in [0, 0.1) is 13.8 Å². The lowest BCUT2D eigenvalue weighted by Gasteiger charge is -2.17. The molecule has 0 saturated carbocycles. The summed E-state index contributed by atoms with van der Waals surface area (Å²) in [6.07, 6.45) is 8.05. The van der Waals surface area contributed by atoms with Gasteiger partial charge in [0.2, 0.25) is 0 Å². The van der Waals surface area contributed by atoms with Crippen molar-refractivity contribution >= 4 is 5.57 Å². The lowest BCUT2D eigenvalue weighted by Crippen LogP contribution is -1.98. The summed E-state index contributed by atoms with van der Waals surface area (Å²) in [4.78, 5) is 0. The Kier molecular flexibility index (Phi) is 5.60. The first-order valence-electron chi connectivity index (χ1n) is 11.4. The minimum absolute atomic E-state index is 0.477. The molecular formula is C32H28. The number of allylic oxidation sites excluding steroid dienone is 4. The first kappa shape index (κ1) is 20.3. The highest BCUT2D eigenvalue weighted by Crippen LogP contribution is 2.32. The summed E-state index contributed by atoms with van der Waals surface area (Å²) in [5.41, 5.74) is 11.6. The molecule has 4 aromatic rings. The van der Waals surface area contributed by atoms with Crippen molar-refractivity contribution in [2.24, 2.45) is 0 Å². The zero-order valence-corrected chi connectivity index (χ0v) is 18.8. The molecule has 0 nitrogen and oxygen atoms in total. The van der Waals surface area contributed by atoms with Crippen LogP contribution in [0.2, 0.25) is 0 Å². The van der Waals surface area contributed by atoms with Crippen LogP contribution in [0.3, 0.4) is 0 Å². The minimum atomic E-state index is 0.477. The van der Waals surface area contributed by atoms with Gasteiger partial charge < -0.3 is 0 Å². The van der Waals surface area contributed by atoms with E-state index in [-0.39, 0.29) is 0 Å². The minimum Gasteiger partial charge on any atom is -0.0761 e. The summed E-state index contributed by atoms with van der Waals surface area (Å²) in [5, 5.41) is 0. The summed E-state index contributed by atoms with van der Waals surface area (Å²) in [6, 6.07) is 35.4. The van der Waals surface area contributed by atoms with Gasteiger partial charge in [-0.1, -0.05) is 126 Å². The standard InChI is InChI=1S/C32H28/c1-23-3-7-25(8-4-23)27-11-15-29(16-12-27)31-19-21-32(22-20-31)30-17-13-28(14-18-30)26-9-5-24(2)6-10-26/h3-13,15-22,28H,14H2,1-2H3. The molecule has 1 aliphatic rings. The van der Waals surface area contributed by atoms with E-state index in [4.69, 9.17) is 0 Å². The molecule has 0 spiro atoms. The third kappa shape index (κ3) is 4.36. The van der Waals surface area contributed by atoms with Crippen LogP contribution in [0.15, 0.2) is 115 Å². The van der Waals surface area contributed by atoms with Gasteiger partial charge in [-0.2, -0.15) is 0 Å². The van der Waals surface area contributed by atoms with Gasteiger partial charge in [-0.3, -0.25) is 0 Å². The maximum Gasteiger partial charge on any atom is 0.00561 e. The first-order valence-corrected chi connectivity index (χ1v) is 11.4. The third-order valence-corrected chi connectivity index (χ3v) is 6.43. The van der Waals surface area contributed by atoms with Crippen LogP contribution in [0.5, 0.6) is 0 Å². The number of rotatable bonds is 4. The Balaban J connectivity index is 1.29. The van der Waals surface area contributed by atoms with Crippen molar-refractivity contribution in [2.75, 3.05) is 0 Å². The second kappa shape index (κ2) is 8.85. The molecule has 0 fully saturated rings. The molecule has 0 saturated heterocycles. The molecule has 0 bridgehead atoms. The first-order chi connectivity index (χ1) is 15.7. The van der Waals surface area contributed by atoms with Crippen molar-refractivity contribution in [3.63, 3.8) is 0 Å². The van der Waals surface area contributed by atoms with Crippen LogP contribution >= 0.6 is 0 Å². The Labute approximate surface area is 191 Å². The molecule has 5 rings (SSSR count). The molecule has 0 heterocycles. The topological polar surface area (TPSA) is 0 Å². The summed E-state index contributed by atoms with van der Waals surface area (Å²) in [7, 11) is 0. The van der Waals surface area contributed by atoms with Gasteiger partial charge in [0.05, 0.1) is 0 Å². The van der Waals surface area contributed by atoms with Gasteiger partial charge in [0.15, 0.2) is 0 Å². The monoisotopic (exact) mass is 412 g/mol. The molecule has 4 aromatic carbocycles. The van der Waals surface area contributed by atoms with Crippen LogP contribution in [-0.4, -0.2) is 0 Å². The highest BCUT2D eigenvalue weighted by Gasteiger charge is 2.12. The number of benzene rings is 4. The molecule has 1 atom stereocenters. The van der Waals surface area contributed by atoms with Gasteiger partial charge in [0.1, 0.15) is 0 Å². The molecule has 32 heavy (non-hydrogen) atoms. The Bertz CT molecular complexity index is 1250. The normalized spacial score (nSPS) is 15.4. The highest BCUT2D eigenvalue weighted by molar-refractivity contribution is 5.78. The van der Waals surface area contributed by atoms with E-state index < -0.39 is 0 Å². The van der Waals surface area contributed by atoms with Crippen LogP contribution in [0.4, 0.5) is 0 Å². The maximum atomic E-state index is 2.37. The average molecular weight is 413 g/mol. The van der Waals surface area contributed by atoms with Crippen molar-refractivity contribution in [3.05, 3.63) is 138 Å². The van der Waals surface area contributed by atoms with Crippen molar-refractivity contribution in [1.29, 1.82) is 0 Å². The Morgan fingerprint density at radius 2 is 0.906 bits per heavy atom. The van der Waals surface area contributed by atoms with E-state index in [1.807, 2.05) is 0 Å². The van der Waals surface area contributed by atoms with Gasteiger partial charge in [0, 0.05) is 5.92 Å². The van der Waals surface area contributed by atoms with Crippen LogP contribution in [0.25, 0.3) is 27.8 Å². The van der Waals surface area contributed by atoms with Crippen molar-refractivity contribution in [2.45, 2.75) is 26.2 Å². The van der Waals surface area contributed by atoms with Gasteiger partial charge in [0.25, 0.3) is 0 Å². The molecule has 0 heteroatoms. The van der Waals surface area contributed by atoms with E-state index >= 15 is 0 Å². The lowest BCUT2D eigenvalue weighted by molar-refractivity contribution is 0.856. The van der Waals surface area contributed by atoms with E-state index in [9.17, 15) is 0 Å². The molecular weight excluding hydrogens is 384 g/mol. The Hall–Kier alpha value is -3.64. The molecule has 0 aromatic heterocycles. The van der Waals surface area contributed by atoms with Crippen molar-refractivity contribution < 1.29 is 0 Å². The average Bonchev–Trinajstić information content (AvgIpc) is 2.85. The van der Waals surface area contributed by atoms with Crippen LogP contribution < -0.4 is 0 Å². The zero-order valence-electron chi connectivity index (χ0n) is 18.8. The molecule has 0 radical (unpaired) electrons. The smallest absolute Gasteiger partial charge is 0.00561 e. The zero-order chi connectivity index (χ0) is 21.9. The van der Waals surface area contributed by atoms with E-state index in [1.165, 1.54) is 50.1 Å². The second-order valence-electron chi connectivity index (χ2n) is 8.79. The number of hydrogen-bond acceptors (Lipinski definition) is 0. The van der Waals surface area contributed by atoms with Gasteiger partial charge in [-0.15, -0.1) is 0 Å². The largest absolute Gasteiger partial charge is 0.0761 e. The predicted molar refractivity (Wildman–Crippen MR) is 138 cm³/mol. The Morgan fingerprint density at radius 3 is 1.34 bits per heavy atom. The molecule has 0 N–H and O–H groups in total. The lowest BCUT2D eigenvalue weighted by atomic mass is 9.87. The number of aryl methyl sites for hydroxylation is 2. The molecule has 156 valence electrons. The van der Waals surface area contributed by atoms with Crippen LogP contribution in [-0.2, 0) is 0 Å².